The van der Waals surface area contributed by atoms with Crippen LogP contribution in [0, 0.1) is 0 Å². The summed E-state index contributed by atoms with van der Waals surface area (Å²) in [7, 11) is 0. The van der Waals surface area contributed by atoms with Crippen molar-refractivity contribution in [1.82, 2.24) is 0 Å². The maximum absolute atomic E-state index is 11.8. The van der Waals surface area contributed by atoms with Crippen LogP contribution < -0.4 is 10.2 Å². The van der Waals surface area contributed by atoms with Crippen molar-refractivity contribution in [3.63, 3.8) is 0 Å². The van der Waals surface area contributed by atoms with E-state index in [4.69, 9.17) is 27.9 Å². The molecule has 18 heavy (non-hydrogen) atoms. The number of halogens is 2. The van der Waals surface area contributed by atoms with Crippen LogP contribution in [-0.2, 0) is 9.53 Å². The van der Waals surface area contributed by atoms with Gasteiger partial charge in [0.15, 0.2) is 0 Å². The van der Waals surface area contributed by atoms with Crippen LogP contribution in [0.25, 0.3) is 0 Å². The van der Waals surface area contributed by atoms with Gasteiger partial charge in [-0.25, -0.2) is 9.69 Å². The van der Waals surface area contributed by atoms with Gasteiger partial charge in [0.25, 0.3) is 5.91 Å². The molecular weight excluding hydrogens is 279 g/mol. The normalized spacial score (nSPS) is 13.9. The monoisotopic (exact) mass is 288 g/mol. The van der Waals surface area contributed by atoms with Gasteiger partial charge in [-0.2, -0.15) is 0 Å². The molecule has 1 heterocycles. The molecule has 1 aliphatic rings. The van der Waals surface area contributed by atoms with Crippen LogP contribution in [0.4, 0.5) is 16.2 Å². The average molecular weight is 289 g/mol. The lowest BCUT2D eigenvalue weighted by Gasteiger charge is -2.28. The number of ether oxygens (including phenoxy) is 1. The van der Waals surface area contributed by atoms with Crippen LogP contribution in [0.15, 0.2) is 12.1 Å². The molecule has 1 aromatic rings. The Morgan fingerprint density at radius 3 is 2.78 bits per heavy atom. The van der Waals surface area contributed by atoms with E-state index >= 15 is 0 Å². The fourth-order valence-electron chi connectivity index (χ4n) is 1.64. The Kier molecular flexibility index (Phi) is 3.63. The highest BCUT2D eigenvalue weighted by molar-refractivity contribution is 6.42. The fourth-order valence-corrected chi connectivity index (χ4v) is 1.96. The molecule has 0 atom stereocenters. The molecule has 2 amide bonds. The number of rotatable bonds is 1. The lowest BCUT2D eigenvalue weighted by Crippen LogP contribution is -2.44. The number of benzene rings is 1. The highest BCUT2D eigenvalue weighted by Crippen LogP contribution is 2.37. The number of hydrogen-bond donors (Lipinski definition) is 1. The molecule has 1 aliphatic heterocycles. The van der Waals surface area contributed by atoms with Gasteiger partial charge in [0.2, 0.25) is 0 Å². The van der Waals surface area contributed by atoms with E-state index in [2.05, 4.69) is 5.32 Å². The first kappa shape index (κ1) is 13.0. The van der Waals surface area contributed by atoms with Crippen molar-refractivity contribution in [2.24, 2.45) is 0 Å². The number of nitrogens with zero attached hydrogens (tertiary/aromatic N) is 1. The molecule has 0 radical (unpaired) electrons. The smallest absolute Gasteiger partial charge is 0.421 e. The van der Waals surface area contributed by atoms with Crippen molar-refractivity contribution in [1.29, 1.82) is 0 Å². The largest absolute Gasteiger partial charge is 0.449 e. The fraction of sp³-hybridized carbons (Fsp3) is 0.273. The molecule has 5 nitrogen and oxygen atoms in total. The van der Waals surface area contributed by atoms with Gasteiger partial charge in [-0.15, -0.1) is 0 Å². The Labute approximate surface area is 114 Å². The number of carbonyl (C=O) groups excluding carboxylic acids is 2. The van der Waals surface area contributed by atoms with Gasteiger partial charge in [-0.3, -0.25) is 4.79 Å². The van der Waals surface area contributed by atoms with E-state index in [9.17, 15) is 9.59 Å². The maximum Gasteiger partial charge on any atom is 0.421 e. The summed E-state index contributed by atoms with van der Waals surface area (Å²) in [6.07, 6.45) is -0.719. The van der Waals surface area contributed by atoms with E-state index in [0.717, 1.165) is 4.90 Å². The van der Waals surface area contributed by atoms with Crippen LogP contribution in [0.3, 0.4) is 0 Å². The summed E-state index contributed by atoms with van der Waals surface area (Å²) in [5, 5.41) is 3.48. The van der Waals surface area contributed by atoms with Gasteiger partial charge in [0.05, 0.1) is 34.6 Å². The second-order valence-electron chi connectivity index (χ2n) is 3.57. The molecule has 0 aromatic heterocycles. The molecule has 1 N–H and O–H groups in total. The number of carbonyl (C=O) groups is 2. The molecule has 0 saturated carbocycles. The second-order valence-corrected chi connectivity index (χ2v) is 4.38. The molecule has 0 unspecified atom stereocenters. The molecule has 2 rings (SSSR count). The highest BCUT2D eigenvalue weighted by Gasteiger charge is 2.31. The van der Waals surface area contributed by atoms with E-state index in [-0.39, 0.29) is 18.2 Å². The van der Waals surface area contributed by atoms with Crippen LogP contribution in [0.1, 0.15) is 6.92 Å². The number of fused-ring (bicyclic) bond motifs is 1. The van der Waals surface area contributed by atoms with Crippen LogP contribution in [0.2, 0.25) is 10.0 Å². The third kappa shape index (κ3) is 2.23. The lowest BCUT2D eigenvalue weighted by atomic mass is 10.2. The Morgan fingerprint density at radius 1 is 1.44 bits per heavy atom. The lowest BCUT2D eigenvalue weighted by molar-refractivity contribution is -0.116. The summed E-state index contributed by atoms with van der Waals surface area (Å²) in [5.41, 5.74) is 0.913. The van der Waals surface area contributed by atoms with Crippen LogP contribution in [-0.4, -0.2) is 25.2 Å². The topological polar surface area (TPSA) is 58.6 Å². The zero-order valence-corrected chi connectivity index (χ0v) is 11.0. The molecule has 96 valence electrons. The molecule has 7 heteroatoms. The molecule has 0 saturated heterocycles. The molecular formula is C11H10Cl2N2O3. The van der Waals surface area contributed by atoms with E-state index < -0.39 is 12.0 Å². The summed E-state index contributed by atoms with van der Waals surface area (Å²) in [4.78, 5) is 24.5. The number of nitrogens with one attached hydrogen (secondary N) is 1. The van der Waals surface area contributed by atoms with E-state index in [1.807, 2.05) is 0 Å². The zero-order chi connectivity index (χ0) is 13.3. The summed E-state index contributed by atoms with van der Waals surface area (Å²) in [5.74, 6) is -0.403. The first-order valence-electron chi connectivity index (χ1n) is 5.27. The Morgan fingerprint density at radius 2 is 2.11 bits per heavy atom. The third-order valence-corrected chi connectivity index (χ3v) is 3.13. The maximum atomic E-state index is 11.8. The standard InChI is InChI=1S/C11H10Cl2N2O3/c1-2-18-11(17)15-9-4-7(13)6(12)3-8(9)14-5-10(15)16/h3-4,14H,2,5H2,1H3. The van der Waals surface area contributed by atoms with E-state index in [0.29, 0.717) is 16.4 Å². The van der Waals surface area contributed by atoms with E-state index in [1.165, 1.54) is 6.07 Å². The first-order valence-corrected chi connectivity index (χ1v) is 6.02. The minimum absolute atomic E-state index is 0.00375. The molecule has 0 bridgehead atoms. The van der Waals surface area contributed by atoms with E-state index in [1.54, 1.807) is 13.0 Å². The minimum atomic E-state index is -0.719. The van der Waals surface area contributed by atoms with Crippen molar-refractivity contribution in [2.75, 3.05) is 23.4 Å². The van der Waals surface area contributed by atoms with Crippen molar-refractivity contribution in [2.45, 2.75) is 6.92 Å². The highest BCUT2D eigenvalue weighted by atomic mass is 35.5. The van der Waals surface area contributed by atoms with Crippen molar-refractivity contribution in [3.8, 4) is 0 Å². The Hall–Kier alpha value is -1.46. The quantitative estimate of drug-likeness (QED) is 0.863. The van der Waals surface area contributed by atoms with Gasteiger partial charge in [-0.05, 0) is 19.1 Å². The Bertz CT molecular complexity index is 519. The van der Waals surface area contributed by atoms with Gasteiger partial charge >= 0.3 is 6.09 Å². The zero-order valence-electron chi connectivity index (χ0n) is 9.50. The summed E-state index contributed by atoms with van der Waals surface area (Å²) < 4.78 is 4.84. The predicted molar refractivity (Wildman–Crippen MR) is 69.5 cm³/mol. The molecule has 1 aromatic carbocycles. The molecule has 0 fully saturated rings. The SMILES string of the molecule is CCOC(=O)N1C(=O)CNc2cc(Cl)c(Cl)cc21. The van der Waals surface area contributed by atoms with Crippen molar-refractivity contribution < 1.29 is 14.3 Å². The number of imide groups is 1. The van der Waals surface area contributed by atoms with Crippen LogP contribution in [0.5, 0.6) is 0 Å². The summed E-state index contributed by atoms with van der Waals surface area (Å²) in [6.45, 7) is 1.86. The van der Waals surface area contributed by atoms with Crippen LogP contribution >= 0.6 is 23.2 Å². The summed E-state index contributed by atoms with van der Waals surface area (Å²) >= 11 is 11.8. The predicted octanol–water partition coefficient (Wildman–Crippen LogP) is 2.91. The second kappa shape index (κ2) is 5.04. The van der Waals surface area contributed by atoms with Crippen molar-refractivity contribution >= 4 is 46.6 Å². The summed E-state index contributed by atoms with van der Waals surface area (Å²) in [6, 6.07) is 3.03. The number of hydrogen-bond acceptors (Lipinski definition) is 4. The van der Waals surface area contributed by atoms with Gasteiger partial charge in [0, 0.05) is 0 Å². The van der Waals surface area contributed by atoms with Gasteiger partial charge in [-0.1, -0.05) is 23.2 Å². The van der Waals surface area contributed by atoms with Crippen molar-refractivity contribution in [3.05, 3.63) is 22.2 Å². The average Bonchev–Trinajstić information content (AvgIpc) is 2.31. The minimum Gasteiger partial charge on any atom is -0.449 e. The first-order chi connectivity index (χ1) is 8.54. The molecule has 0 aliphatic carbocycles. The van der Waals surface area contributed by atoms with Gasteiger partial charge < -0.3 is 10.1 Å². The number of anilines is 2. The Balaban J connectivity index is 2.47. The number of amides is 2. The third-order valence-electron chi connectivity index (χ3n) is 2.41. The van der Waals surface area contributed by atoms with Gasteiger partial charge in [0.1, 0.15) is 0 Å². The molecule has 0 spiro atoms.